The Kier molecular flexibility index (Phi) is 5.39. The molecular weight excluding hydrogens is 336 g/mol. The van der Waals surface area contributed by atoms with Gasteiger partial charge < -0.3 is 9.47 Å². The van der Waals surface area contributed by atoms with Crippen LogP contribution in [0.2, 0.25) is 0 Å². The number of esters is 1. The van der Waals surface area contributed by atoms with Crippen molar-refractivity contribution in [2.45, 2.75) is 45.1 Å². The molecule has 1 aromatic rings. The van der Waals surface area contributed by atoms with E-state index in [0.717, 1.165) is 12.1 Å². The number of imide groups is 1. The van der Waals surface area contributed by atoms with Crippen LogP contribution in [0.5, 0.6) is 5.75 Å². The molecule has 1 fully saturated rings. The number of nitrogens with one attached hydrogen (secondary N) is 1. The Hall–Kier alpha value is -2.51. The Balaban J connectivity index is 2.11. The average molecular weight is 355 g/mol. The maximum atomic E-state index is 14.3. The van der Waals surface area contributed by atoms with Crippen LogP contribution in [-0.4, -0.2) is 30.0 Å². The second kappa shape index (κ2) is 7.16. The van der Waals surface area contributed by atoms with Gasteiger partial charge in [0.1, 0.15) is 23.0 Å². The summed E-state index contributed by atoms with van der Waals surface area (Å²) >= 11 is 0. The summed E-state index contributed by atoms with van der Waals surface area (Å²) in [6.07, 6.45) is 0.0306. The number of carbonyl (C=O) groups excluding carboxylic acids is 3. The molecule has 0 bridgehead atoms. The summed E-state index contributed by atoms with van der Waals surface area (Å²) in [5, 5.41) is 2.06. The smallest absolute Gasteiger partial charge is 0.344 e. The van der Waals surface area contributed by atoms with Gasteiger partial charge in [-0.2, -0.15) is 0 Å². The molecule has 0 aromatic heterocycles. The van der Waals surface area contributed by atoms with Gasteiger partial charge in [-0.05, 0) is 27.2 Å². The lowest BCUT2D eigenvalue weighted by Crippen LogP contribution is -2.40. The van der Waals surface area contributed by atoms with Crippen LogP contribution >= 0.6 is 0 Å². The van der Waals surface area contributed by atoms with E-state index in [2.05, 4.69) is 5.32 Å². The highest BCUT2D eigenvalue weighted by Gasteiger charge is 2.32. The standard InChI is InChI=1S/C17H19F2NO5/c1-17(2,3)25-14(22)8-24-9-6-11(18)15(12(19)7-9)10-4-5-13(21)20-16(10)23/h6-7,10H,4-5,8H2,1-3H3,(H,20,21,23). The van der Waals surface area contributed by atoms with Gasteiger partial charge in [0.15, 0.2) is 6.61 Å². The Morgan fingerprint density at radius 1 is 1.24 bits per heavy atom. The van der Waals surface area contributed by atoms with Gasteiger partial charge in [-0.1, -0.05) is 0 Å². The van der Waals surface area contributed by atoms with Crippen molar-refractivity contribution in [3.05, 3.63) is 29.3 Å². The molecule has 1 aliphatic rings. The normalized spacial score (nSPS) is 17.9. The number of halogens is 2. The maximum Gasteiger partial charge on any atom is 0.344 e. The molecule has 1 aromatic carbocycles. The topological polar surface area (TPSA) is 81.7 Å². The number of rotatable bonds is 4. The fraction of sp³-hybridized carbons (Fsp3) is 0.471. The molecule has 2 rings (SSSR count). The second-order valence-electron chi connectivity index (χ2n) is 6.68. The SMILES string of the molecule is CC(C)(C)OC(=O)COc1cc(F)c(C2CCC(=O)NC2=O)c(F)c1. The van der Waals surface area contributed by atoms with E-state index >= 15 is 0 Å². The fourth-order valence-corrected chi connectivity index (χ4v) is 2.46. The zero-order valence-corrected chi connectivity index (χ0v) is 14.2. The highest BCUT2D eigenvalue weighted by atomic mass is 19.1. The summed E-state index contributed by atoms with van der Waals surface area (Å²) in [4.78, 5) is 34.5. The largest absolute Gasteiger partial charge is 0.482 e. The van der Waals surface area contributed by atoms with E-state index in [-0.39, 0.29) is 18.6 Å². The first-order chi connectivity index (χ1) is 11.6. The molecule has 1 aliphatic heterocycles. The Labute approximate surface area is 143 Å². The Morgan fingerprint density at radius 3 is 2.36 bits per heavy atom. The number of hydrogen-bond donors (Lipinski definition) is 1. The number of hydrogen-bond acceptors (Lipinski definition) is 5. The molecule has 0 radical (unpaired) electrons. The van der Waals surface area contributed by atoms with E-state index < -0.39 is 53.1 Å². The van der Waals surface area contributed by atoms with Gasteiger partial charge in [-0.15, -0.1) is 0 Å². The first-order valence-corrected chi connectivity index (χ1v) is 7.74. The van der Waals surface area contributed by atoms with Gasteiger partial charge in [-0.3, -0.25) is 14.9 Å². The number of piperidine rings is 1. The third-order valence-electron chi connectivity index (χ3n) is 3.42. The monoisotopic (exact) mass is 355 g/mol. The number of amides is 2. The minimum atomic E-state index is -1.09. The van der Waals surface area contributed by atoms with Crippen LogP contribution < -0.4 is 10.1 Å². The molecule has 2 amide bonds. The van der Waals surface area contributed by atoms with Crippen molar-refractivity contribution >= 4 is 17.8 Å². The van der Waals surface area contributed by atoms with Crippen LogP contribution in [0.25, 0.3) is 0 Å². The van der Waals surface area contributed by atoms with Crippen LogP contribution in [0.3, 0.4) is 0 Å². The van der Waals surface area contributed by atoms with Crippen LogP contribution in [0.1, 0.15) is 45.1 Å². The molecule has 1 heterocycles. The molecule has 1 N–H and O–H groups in total. The Bertz CT molecular complexity index is 688. The molecule has 0 saturated carbocycles. The average Bonchev–Trinajstić information content (AvgIpc) is 2.45. The Morgan fingerprint density at radius 2 is 1.84 bits per heavy atom. The van der Waals surface area contributed by atoms with Gasteiger partial charge in [0, 0.05) is 24.1 Å². The lowest BCUT2D eigenvalue weighted by Gasteiger charge is -2.22. The highest BCUT2D eigenvalue weighted by Crippen LogP contribution is 2.31. The third-order valence-corrected chi connectivity index (χ3v) is 3.42. The molecule has 25 heavy (non-hydrogen) atoms. The van der Waals surface area contributed by atoms with E-state index in [9.17, 15) is 23.2 Å². The van der Waals surface area contributed by atoms with Crippen molar-refractivity contribution in [3.8, 4) is 5.75 Å². The molecule has 1 unspecified atom stereocenters. The minimum absolute atomic E-state index is 0.00613. The van der Waals surface area contributed by atoms with Crippen LogP contribution in [0.4, 0.5) is 8.78 Å². The highest BCUT2D eigenvalue weighted by molar-refractivity contribution is 6.01. The summed E-state index contributed by atoms with van der Waals surface area (Å²) < 4.78 is 38.6. The predicted molar refractivity (Wildman–Crippen MR) is 82.8 cm³/mol. The van der Waals surface area contributed by atoms with Gasteiger partial charge >= 0.3 is 5.97 Å². The molecule has 8 heteroatoms. The zero-order chi connectivity index (χ0) is 18.8. The quantitative estimate of drug-likeness (QED) is 0.661. The first kappa shape index (κ1) is 18.8. The molecule has 1 atom stereocenters. The lowest BCUT2D eigenvalue weighted by molar-refractivity contribution is -0.157. The van der Waals surface area contributed by atoms with E-state index in [0.29, 0.717) is 0 Å². The van der Waals surface area contributed by atoms with Crippen molar-refractivity contribution in [1.82, 2.24) is 5.32 Å². The molecule has 1 saturated heterocycles. The van der Waals surface area contributed by atoms with Gasteiger partial charge in [-0.25, -0.2) is 13.6 Å². The van der Waals surface area contributed by atoms with Crippen molar-refractivity contribution < 1.29 is 32.6 Å². The summed E-state index contributed by atoms with van der Waals surface area (Å²) in [5.41, 5.74) is -1.12. The van der Waals surface area contributed by atoms with Crippen molar-refractivity contribution in [2.75, 3.05) is 6.61 Å². The second-order valence-corrected chi connectivity index (χ2v) is 6.68. The molecule has 0 aliphatic carbocycles. The van der Waals surface area contributed by atoms with Crippen molar-refractivity contribution in [3.63, 3.8) is 0 Å². The van der Waals surface area contributed by atoms with Crippen LogP contribution in [-0.2, 0) is 19.1 Å². The van der Waals surface area contributed by atoms with E-state index in [1.165, 1.54) is 0 Å². The fourth-order valence-electron chi connectivity index (χ4n) is 2.46. The van der Waals surface area contributed by atoms with E-state index in [4.69, 9.17) is 9.47 Å². The van der Waals surface area contributed by atoms with Crippen LogP contribution in [0.15, 0.2) is 12.1 Å². The number of benzene rings is 1. The molecule has 6 nitrogen and oxygen atoms in total. The summed E-state index contributed by atoms with van der Waals surface area (Å²) in [6.45, 7) is 4.53. The minimum Gasteiger partial charge on any atom is -0.482 e. The lowest BCUT2D eigenvalue weighted by atomic mass is 9.89. The molecule has 136 valence electrons. The third kappa shape index (κ3) is 4.98. The zero-order valence-electron chi connectivity index (χ0n) is 14.2. The van der Waals surface area contributed by atoms with Gasteiger partial charge in [0.05, 0.1) is 5.92 Å². The van der Waals surface area contributed by atoms with Gasteiger partial charge in [0.2, 0.25) is 11.8 Å². The van der Waals surface area contributed by atoms with Crippen molar-refractivity contribution in [1.29, 1.82) is 0 Å². The number of carbonyl (C=O) groups is 3. The summed E-state index contributed by atoms with van der Waals surface area (Å²) in [6, 6.07) is 1.79. The maximum absolute atomic E-state index is 14.3. The van der Waals surface area contributed by atoms with E-state index in [1.807, 2.05) is 0 Å². The van der Waals surface area contributed by atoms with E-state index in [1.54, 1.807) is 20.8 Å². The first-order valence-electron chi connectivity index (χ1n) is 7.74. The van der Waals surface area contributed by atoms with Crippen LogP contribution in [0, 0.1) is 11.6 Å². The van der Waals surface area contributed by atoms with Crippen molar-refractivity contribution in [2.24, 2.45) is 0 Å². The number of ether oxygens (including phenoxy) is 2. The summed E-state index contributed by atoms with van der Waals surface area (Å²) in [5.74, 6) is -5.13. The predicted octanol–water partition coefficient (Wildman–Crippen LogP) is 2.21. The van der Waals surface area contributed by atoms with Gasteiger partial charge in [0.25, 0.3) is 0 Å². The molecule has 0 spiro atoms. The summed E-state index contributed by atoms with van der Waals surface area (Å²) in [7, 11) is 0. The molecular formula is C17H19F2NO5.